The molecule has 0 unspecified atom stereocenters. The molecule has 0 aromatic carbocycles. The maximum absolute atomic E-state index is 12.0. The summed E-state index contributed by atoms with van der Waals surface area (Å²) < 4.78 is 27.3. The lowest BCUT2D eigenvalue weighted by Gasteiger charge is -2.02. The molecule has 7 heteroatoms. The van der Waals surface area contributed by atoms with Crippen molar-refractivity contribution in [2.45, 2.75) is 30.3 Å². The van der Waals surface area contributed by atoms with Crippen molar-refractivity contribution in [3.63, 3.8) is 0 Å². The van der Waals surface area contributed by atoms with E-state index in [1.165, 1.54) is 11.3 Å². The fourth-order valence-corrected chi connectivity index (χ4v) is 5.33. The zero-order chi connectivity index (χ0) is 11.8. The molecule has 0 saturated heterocycles. The van der Waals surface area contributed by atoms with Gasteiger partial charge in [-0.2, -0.15) is 0 Å². The van der Waals surface area contributed by atoms with Gasteiger partial charge in [-0.25, -0.2) is 13.1 Å². The Bertz CT molecular complexity index is 480. The Hall–Kier alpha value is 0.0500. The van der Waals surface area contributed by atoms with E-state index in [-0.39, 0.29) is 6.04 Å². The Morgan fingerprint density at radius 3 is 2.81 bits per heavy atom. The van der Waals surface area contributed by atoms with Crippen LogP contribution in [0.3, 0.4) is 0 Å². The topological polar surface area (TPSA) is 58.2 Å². The summed E-state index contributed by atoms with van der Waals surface area (Å²) in [7, 11) is -1.50. The molecule has 4 nitrogen and oxygen atoms in total. The molecule has 0 spiro atoms. The molecule has 2 N–H and O–H groups in total. The van der Waals surface area contributed by atoms with Gasteiger partial charge in [0.1, 0.15) is 4.90 Å². The fraction of sp³-hybridized carbons (Fsp3) is 0.556. The molecule has 0 radical (unpaired) electrons. The highest BCUT2D eigenvalue weighted by atomic mass is 79.9. The number of nitrogens with one attached hydrogen (secondary N) is 2. The first-order valence-corrected chi connectivity index (χ1v) is 8.07. The molecular weight excluding hydrogens is 312 g/mol. The van der Waals surface area contributed by atoms with E-state index in [4.69, 9.17) is 0 Å². The second kappa shape index (κ2) is 4.73. The van der Waals surface area contributed by atoms with Crippen LogP contribution in [0.4, 0.5) is 0 Å². The van der Waals surface area contributed by atoms with Crippen LogP contribution >= 0.6 is 27.3 Å². The van der Waals surface area contributed by atoms with Crippen molar-refractivity contribution in [1.82, 2.24) is 10.0 Å². The number of rotatable bonds is 5. The first-order chi connectivity index (χ1) is 7.53. The zero-order valence-corrected chi connectivity index (χ0v) is 12.0. The van der Waals surface area contributed by atoms with Crippen molar-refractivity contribution in [2.75, 3.05) is 7.05 Å². The molecule has 1 aromatic rings. The van der Waals surface area contributed by atoms with Gasteiger partial charge in [0.25, 0.3) is 0 Å². The van der Waals surface area contributed by atoms with Crippen LogP contribution in [0.1, 0.15) is 17.7 Å². The maximum atomic E-state index is 12.0. The lowest BCUT2D eigenvalue weighted by molar-refractivity contribution is 0.581. The van der Waals surface area contributed by atoms with Crippen LogP contribution in [0.15, 0.2) is 14.7 Å². The second-order valence-corrected chi connectivity index (χ2v) is 7.91. The summed E-state index contributed by atoms with van der Waals surface area (Å²) in [6.45, 7) is 0.683. The summed E-state index contributed by atoms with van der Waals surface area (Å²) >= 11 is 4.75. The van der Waals surface area contributed by atoms with Gasteiger partial charge in [-0.3, -0.25) is 0 Å². The highest BCUT2D eigenvalue weighted by Gasteiger charge is 2.30. The summed E-state index contributed by atoms with van der Waals surface area (Å²) in [6.07, 6.45) is 1.90. The van der Waals surface area contributed by atoms with Crippen LogP contribution in [0, 0.1) is 0 Å². The first-order valence-electron chi connectivity index (χ1n) is 4.98. The molecule has 90 valence electrons. The van der Waals surface area contributed by atoms with E-state index in [9.17, 15) is 8.42 Å². The van der Waals surface area contributed by atoms with E-state index >= 15 is 0 Å². The minimum atomic E-state index is -3.34. The standard InChI is InChI=1S/C9H13BrN2O2S2/c1-11-5-7-4-8(9(10)15-7)16(13,14)12-6-2-3-6/h4,6,11-12H,2-3,5H2,1H3. The Kier molecular flexibility index (Phi) is 3.70. The predicted octanol–water partition coefficient (Wildman–Crippen LogP) is 1.67. The van der Waals surface area contributed by atoms with Crippen LogP contribution in [0.5, 0.6) is 0 Å². The third kappa shape index (κ3) is 2.84. The van der Waals surface area contributed by atoms with Gasteiger partial charge in [-0.15, -0.1) is 11.3 Å². The quantitative estimate of drug-likeness (QED) is 0.866. The van der Waals surface area contributed by atoms with Gasteiger partial charge in [-0.1, -0.05) is 0 Å². The number of sulfonamides is 1. The van der Waals surface area contributed by atoms with Gasteiger partial charge < -0.3 is 5.32 Å². The first kappa shape index (κ1) is 12.5. The average Bonchev–Trinajstić information content (AvgIpc) is 2.89. The van der Waals surface area contributed by atoms with Crippen LogP contribution in [0.2, 0.25) is 0 Å². The largest absolute Gasteiger partial charge is 0.315 e. The van der Waals surface area contributed by atoms with E-state index in [1.54, 1.807) is 6.07 Å². The molecule has 2 rings (SSSR count). The predicted molar refractivity (Wildman–Crippen MR) is 68.1 cm³/mol. The molecule has 1 aromatic heterocycles. The number of thiophene rings is 1. The minimum Gasteiger partial charge on any atom is -0.315 e. The van der Waals surface area contributed by atoms with Gasteiger partial charge in [0.15, 0.2) is 0 Å². The van der Waals surface area contributed by atoms with Crippen LogP contribution < -0.4 is 10.0 Å². The molecule has 0 amide bonds. The summed E-state index contributed by atoms with van der Waals surface area (Å²) in [5, 5.41) is 3.00. The van der Waals surface area contributed by atoms with Gasteiger partial charge in [0.05, 0.1) is 3.79 Å². The van der Waals surface area contributed by atoms with Crippen molar-refractivity contribution in [3.05, 3.63) is 14.7 Å². The molecule has 1 saturated carbocycles. The number of hydrogen-bond donors (Lipinski definition) is 2. The van der Waals surface area contributed by atoms with Crippen LogP contribution in [-0.2, 0) is 16.6 Å². The highest BCUT2D eigenvalue weighted by molar-refractivity contribution is 9.11. The van der Waals surface area contributed by atoms with Gasteiger partial charge in [0, 0.05) is 17.5 Å². The molecular formula is C9H13BrN2O2S2. The lowest BCUT2D eigenvalue weighted by Crippen LogP contribution is -2.25. The molecule has 0 bridgehead atoms. The van der Waals surface area contributed by atoms with E-state index in [2.05, 4.69) is 26.0 Å². The summed E-state index contributed by atoms with van der Waals surface area (Å²) in [5.74, 6) is 0. The summed E-state index contributed by atoms with van der Waals surface area (Å²) in [5.41, 5.74) is 0. The monoisotopic (exact) mass is 324 g/mol. The Morgan fingerprint density at radius 1 is 1.56 bits per heavy atom. The second-order valence-electron chi connectivity index (χ2n) is 3.78. The lowest BCUT2D eigenvalue weighted by atomic mass is 10.5. The molecule has 0 atom stereocenters. The molecule has 16 heavy (non-hydrogen) atoms. The average molecular weight is 325 g/mol. The van der Waals surface area contributed by atoms with Crippen molar-refractivity contribution in [1.29, 1.82) is 0 Å². The smallest absolute Gasteiger partial charge is 0.242 e. The molecule has 1 heterocycles. The third-order valence-corrected chi connectivity index (χ3v) is 6.02. The normalized spacial score (nSPS) is 16.6. The van der Waals surface area contributed by atoms with Crippen molar-refractivity contribution in [3.8, 4) is 0 Å². The zero-order valence-electron chi connectivity index (χ0n) is 8.79. The summed E-state index contributed by atoms with van der Waals surface area (Å²) in [6, 6.07) is 1.86. The third-order valence-electron chi connectivity index (χ3n) is 2.25. The Labute approximate surface area is 108 Å². The summed E-state index contributed by atoms with van der Waals surface area (Å²) in [4.78, 5) is 1.36. The van der Waals surface area contributed by atoms with Gasteiger partial charge >= 0.3 is 0 Å². The van der Waals surface area contributed by atoms with E-state index in [0.717, 1.165) is 17.7 Å². The van der Waals surface area contributed by atoms with Crippen LogP contribution in [0.25, 0.3) is 0 Å². The SMILES string of the molecule is CNCc1cc(S(=O)(=O)NC2CC2)c(Br)s1. The number of hydrogen-bond acceptors (Lipinski definition) is 4. The molecule has 1 fully saturated rings. The molecule has 1 aliphatic rings. The highest BCUT2D eigenvalue weighted by Crippen LogP contribution is 2.33. The van der Waals surface area contributed by atoms with Crippen molar-refractivity contribution >= 4 is 37.3 Å². The molecule has 1 aliphatic carbocycles. The molecule has 0 aliphatic heterocycles. The van der Waals surface area contributed by atoms with E-state index in [1.807, 2.05) is 7.05 Å². The Morgan fingerprint density at radius 2 is 2.25 bits per heavy atom. The van der Waals surface area contributed by atoms with Crippen molar-refractivity contribution < 1.29 is 8.42 Å². The van der Waals surface area contributed by atoms with Gasteiger partial charge in [0.2, 0.25) is 10.0 Å². The maximum Gasteiger partial charge on any atom is 0.242 e. The fourth-order valence-electron chi connectivity index (χ4n) is 1.33. The van der Waals surface area contributed by atoms with E-state index < -0.39 is 10.0 Å². The number of halogens is 1. The van der Waals surface area contributed by atoms with E-state index in [0.29, 0.717) is 15.2 Å². The van der Waals surface area contributed by atoms with Crippen LogP contribution in [-0.4, -0.2) is 21.5 Å². The van der Waals surface area contributed by atoms with Crippen molar-refractivity contribution in [2.24, 2.45) is 0 Å². The minimum absolute atomic E-state index is 0.143. The Balaban J connectivity index is 2.24. The van der Waals surface area contributed by atoms with Gasteiger partial charge in [-0.05, 0) is 41.9 Å².